The molecule has 4 aromatic rings. The van der Waals surface area contributed by atoms with E-state index in [-0.39, 0.29) is 5.91 Å². The summed E-state index contributed by atoms with van der Waals surface area (Å²) in [7, 11) is 1.61. The predicted octanol–water partition coefficient (Wildman–Crippen LogP) is 3.58. The molecule has 1 N–H and O–H groups in total. The fourth-order valence-electron chi connectivity index (χ4n) is 2.67. The number of fused-ring (bicyclic) bond motifs is 1. The zero-order valence-corrected chi connectivity index (χ0v) is 16.9. The Morgan fingerprint density at radius 1 is 1.07 bits per heavy atom. The Balaban J connectivity index is 1.48. The minimum atomic E-state index is -0.673. The van der Waals surface area contributed by atoms with Crippen molar-refractivity contribution in [1.82, 2.24) is 19.8 Å². The molecular formula is C20H19N5O3S. The number of amides is 1. The summed E-state index contributed by atoms with van der Waals surface area (Å²) in [5.41, 5.74) is 1.97. The topological polar surface area (TPSA) is 90.6 Å². The fourth-order valence-corrected chi connectivity index (χ4v) is 3.41. The van der Waals surface area contributed by atoms with Crippen LogP contribution >= 0.6 is 11.3 Å². The standard InChI is InChI=1S/C20H19N5O3S/c1-12-4-8-16(9-5-12)28-13(2)18(26)21-19-24-25-17(22-23-20(25)29-19)14-6-10-15(27-3)11-7-14/h4-11,13H,1-3H3,(H,21,24,26). The fraction of sp³-hybridized carbons (Fsp3) is 0.200. The molecule has 0 fully saturated rings. The molecule has 1 unspecified atom stereocenters. The molecule has 2 heterocycles. The van der Waals surface area contributed by atoms with E-state index in [9.17, 15) is 4.79 Å². The van der Waals surface area contributed by atoms with Crippen LogP contribution in [0.25, 0.3) is 16.3 Å². The van der Waals surface area contributed by atoms with Gasteiger partial charge < -0.3 is 9.47 Å². The smallest absolute Gasteiger partial charge is 0.266 e. The minimum absolute atomic E-state index is 0.290. The van der Waals surface area contributed by atoms with Crippen molar-refractivity contribution in [2.75, 3.05) is 12.4 Å². The van der Waals surface area contributed by atoms with Crippen molar-refractivity contribution in [1.29, 1.82) is 0 Å². The lowest BCUT2D eigenvalue weighted by molar-refractivity contribution is -0.122. The molecule has 0 aliphatic rings. The van der Waals surface area contributed by atoms with Crippen LogP contribution < -0.4 is 14.8 Å². The number of methoxy groups -OCH3 is 1. The lowest BCUT2D eigenvalue weighted by Gasteiger charge is -2.13. The molecule has 9 heteroatoms. The third kappa shape index (κ3) is 4.04. The number of nitrogens with one attached hydrogen (secondary N) is 1. The number of carbonyl (C=O) groups is 1. The number of hydrogen-bond donors (Lipinski definition) is 1. The number of nitrogens with zero attached hydrogens (tertiary/aromatic N) is 4. The highest BCUT2D eigenvalue weighted by Gasteiger charge is 2.19. The third-order valence-corrected chi connectivity index (χ3v) is 5.09. The van der Waals surface area contributed by atoms with Gasteiger partial charge in [-0.25, -0.2) is 0 Å². The maximum atomic E-state index is 12.5. The Labute approximate surface area is 171 Å². The second-order valence-electron chi connectivity index (χ2n) is 6.42. The average Bonchev–Trinajstić information content (AvgIpc) is 3.30. The quantitative estimate of drug-likeness (QED) is 0.523. The van der Waals surface area contributed by atoms with Crippen LogP contribution in [0.4, 0.5) is 5.13 Å². The van der Waals surface area contributed by atoms with Gasteiger partial charge in [0.15, 0.2) is 11.9 Å². The van der Waals surface area contributed by atoms with Gasteiger partial charge in [0.05, 0.1) is 7.11 Å². The van der Waals surface area contributed by atoms with E-state index < -0.39 is 6.10 Å². The van der Waals surface area contributed by atoms with Crippen LogP contribution in [-0.4, -0.2) is 38.9 Å². The Kier molecular flexibility index (Phi) is 5.13. The Bertz CT molecular complexity index is 1140. The highest BCUT2D eigenvalue weighted by atomic mass is 32.1. The lowest BCUT2D eigenvalue weighted by atomic mass is 10.2. The van der Waals surface area contributed by atoms with Crippen LogP contribution in [0, 0.1) is 6.92 Å². The first-order valence-corrected chi connectivity index (χ1v) is 9.76. The van der Waals surface area contributed by atoms with Crippen molar-refractivity contribution >= 4 is 27.3 Å². The number of carbonyl (C=O) groups excluding carboxylic acids is 1. The van der Waals surface area contributed by atoms with E-state index >= 15 is 0 Å². The molecule has 0 saturated heterocycles. The monoisotopic (exact) mass is 409 g/mol. The molecule has 0 spiro atoms. The van der Waals surface area contributed by atoms with Crippen molar-refractivity contribution in [3.63, 3.8) is 0 Å². The van der Waals surface area contributed by atoms with Crippen LogP contribution in [0.3, 0.4) is 0 Å². The second-order valence-corrected chi connectivity index (χ2v) is 7.37. The van der Waals surface area contributed by atoms with E-state index in [0.29, 0.717) is 21.7 Å². The van der Waals surface area contributed by atoms with Gasteiger partial charge in [-0.2, -0.15) is 4.52 Å². The van der Waals surface area contributed by atoms with E-state index in [0.717, 1.165) is 16.9 Å². The van der Waals surface area contributed by atoms with E-state index in [1.165, 1.54) is 11.3 Å². The molecule has 0 aliphatic carbocycles. The SMILES string of the molecule is COc1ccc(-c2nnc3sc(NC(=O)C(C)Oc4ccc(C)cc4)nn23)cc1. The van der Waals surface area contributed by atoms with Gasteiger partial charge in [-0.05, 0) is 50.2 Å². The van der Waals surface area contributed by atoms with Crippen LogP contribution in [0.2, 0.25) is 0 Å². The van der Waals surface area contributed by atoms with Crippen molar-refractivity contribution < 1.29 is 14.3 Å². The number of aromatic nitrogens is 4. The van der Waals surface area contributed by atoms with E-state index in [1.807, 2.05) is 55.5 Å². The Hall–Kier alpha value is -3.46. The zero-order valence-electron chi connectivity index (χ0n) is 16.1. The molecule has 1 amide bonds. The molecule has 2 aromatic carbocycles. The average molecular weight is 409 g/mol. The summed E-state index contributed by atoms with van der Waals surface area (Å²) in [6.45, 7) is 3.69. The third-order valence-electron chi connectivity index (χ3n) is 4.27. The second kappa shape index (κ2) is 7.88. The predicted molar refractivity (Wildman–Crippen MR) is 111 cm³/mol. The molecule has 29 heavy (non-hydrogen) atoms. The Morgan fingerprint density at radius 3 is 2.45 bits per heavy atom. The van der Waals surface area contributed by atoms with Crippen LogP contribution in [0.15, 0.2) is 48.5 Å². The number of hydrogen-bond acceptors (Lipinski definition) is 7. The van der Waals surface area contributed by atoms with Crippen molar-refractivity contribution in [3.8, 4) is 22.9 Å². The molecule has 0 bridgehead atoms. The van der Waals surface area contributed by atoms with Crippen molar-refractivity contribution in [2.45, 2.75) is 20.0 Å². The molecule has 2 aromatic heterocycles. The van der Waals surface area contributed by atoms with Gasteiger partial charge in [-0.15, -0.1) is 15.3 Å². The van der Waals surface area contributed by atoms with E-state index in [4.69, 9.17) is 9.47 Å². The van der Waals surface area contributed by atoms with Gasteiger partial charge in [-0.1, -0.05) is 29.0 Å². The van der Waals surface area contributed by atoms with E-state index in [2.05, 4.69) is 20.6 Å². The van der Waals surface area contributed by atoms with Crippen molar-refractivity contribution in [2.24, 2.45) is 0 Å². The molecule has 0 saturated carbocycles. The van der Waals surface area contributed by atoms with Crippen LogP contribution in [0.5, 0.6) is 11.5 Å². The molecule has 0 aliphatic heterocycles. The van der Waals surface area contributed by atoms with Crippen molar-refractivity contribution in [3.05, 3.63) is 54.1 Å². The van der Waals surface area contributed by atoms with Crippen LogP contribution in [-0.2, 0) is 4.79 Å². The molecular weight excluding hydrogens is 390 g/mol. The lowest BCUT2D eigenvalue weighted by Crippen LogP contribution is -2.30. The summed E-state index contributed by atoms with van der Waals surface area (Å²) >= 11 is 1.24. The highest BCUT2D eigenvalue weighted by Crippen LogP contribution is 2.25. The first-order chi connectivity index (χ1) is 14.0. The molecule has 0 radical (unpaired) electrons. The summed E-state index contributed by atoms with van der Waals surface area (Å²) in [6, 6.07) is 15.0. The first-order valence-electron chi connectivity index (χ1n) is 8.94. The van der Waals surface area contributed by atoms with Gasteiger partial charge in [0, 0.05) is 5.56 Å². The zero-order chi connectivity index (χ0) is 20.4. The Morgan fingerprint density at radius 2 is 1.76 bits per heavy atom. The van der Waals surface area contributed by atoms with Gasteiger partial charge in [0.2, 0.25) is 10.1 Å². The van der Waals surface area contributed by atoms with Gasteiger partial charge in [-0.3, -0.25) is 10.1 Å². The van der Waals surface area contributed by atoms with Gasteiger partial charge >= 0.3 is 0 Å². The number of anilines is 1. The number of aryl methyl sites for hydroxylation is 1. The number of rotatable bonds is 6. The highest BCUT2D eigenvalue weighted by molar-refractivity contribution is 7.20. The summed E-state index contributed by atoms with van der Waals surface area (Å²) in [5, 5.41) is 16.0. The number of ether oxygens (including phenoxy) is 2. The minimum Gasteiger partial charge on any atom is -0.497 e. The molecule has 1 atom stereocenters. The first kappa shape index (κ1) is 18.9. The largest absolute Gasteiger partial charge is 0.497 e. The maximum Gasteiger partial charge on any atom is 0.266 e. The van der Waals surface area contributed by atoms with Gasteiger partial charge in [0.25, 0.3) is 5.91 Å². The molecule has 4 rings (SSSR count). The summed E-state index contributed by atoms with van der Waals surface area (Å²) in [6.07, 6.45) is -0.673. The normalized spacial score (nSPS) is 12.0. The summed E-state index contributed by atoms with van der Waals surface area (Å²) < 4.78 is 12.5. The molecule has 8 nitrogen and oxygen atoms in total. The summed E-state index contributed by atoms with van der Waals surface area (Å²) in [4.78, 5) is 13.1. The van der Waals surface area contributed by atoms with Gasteiger partial charge in [0.1, 0.15) is 11.5 Å². The van der Waals surface area contributed by atoms with Crippen LogP contribution in [0.1, 0.15) is 12.5 Å². The summed E-state index contributed by atoms with van der Waals surface area (Å²) in [5.74, 6) is 1.69. The maximum absolute atomic E-state index is 12.5. The molecule has 148 valence electrons. The number of benzene rings is 2. The van der Waals surface area contributed by atoms with E-state index in [1.54, 1.807) is 18.5 Å².